The molecule has 0 heterocycles. The van der Waals surface area contributed by atoms with Crippen molar-refractivity contribution in [1.29, 1.82) is 0 Å². The van der Waals surface area contributed by atoms with Crippen LogP contribution in [0.4, 0.5) is 0 Å². The lowest BCUT2D eigenvalue weighted by Gasteiger charge is -2.21. The third-order valence-corrected chi connectivity index (χ3v) is 19.0. The summed E-state index contributed by atoms with van der Waals surface area (Å²) in [5.74, 6) is -1.65. The van der Waals surface area contributed by atoms with Gasteiger partial charge in [-0.25, -0.2) is 9.13 Å². The van der Waals surface area contributed by atoms with Crippen molar-refractivity contribution < 1.29 is 75.8 Å². The van der Waals surface area contributed by atoms with Crippen molar-refractivity contribution in [3.63, 3.8) is 0 Å². The summed E-state index contributed by atoms with van der Waals surface area (Å²) >= 11 is 0. The highest BCUT2D eigenvalue weighted by atomic mass is 31.2. The Kier molecular flexibility index (Phi) is 78.1. The molecule has 4 N–H and O–H groups in total. The Morgan fingerprint density at radius 3 is 0.789 bits per heavy atom. The minimum Gasteiger partial charge on any atom is -0.463 e. The van der Waals surface area contributed by atoms with E-state index in [2.05, 4.69) is 203 Å². The van der Waals surface area contributed by atoms with E-state index >= 15 is 0 Å². The van der Waals surface area contributed by atoms with Crippen LogP contribution >= 0.6 is 15.6 Å². The molecule has 18 heteroatoms. The first-order valence-electron chi connectivity index (χ1n) is 42.1. The topological polar surface area (TPSA) is 231 Å². The summed E-state index contributed by atoms with van der Waals surface area (Å²) in [6, 6.07) is 0. The SMILES string of the molecule is CC/C=C\C/C=C\C/C=C\C/C=C\C/C=C\C/C=C\CCCCC(=O)OC(COC(=O)CCCCCCCCC/C=C\C/C=C\C/C=C\C/C=C\C/C=C\CC)COP(=O)(O)OCC(O)COP(=O)(O)OCC(O)COC(=O)CCCCCCCCCCCCCCC/C=C\C/C=C\C/C=C\C/C=C\CCCCC. The van der Waals surface area contributed by atoms with Gasteiger partial charge in [0.05, 0.1) is 26.4 Å². The Balaban J connectivity index is 4.68. The molecule has 0 spiro atoms. The van der Waals surface area contributed by atoms with Crippen LogP contribution in [-0.2, 0) is 55.8 Å². The van der Waals surface area contributed by atoms with Gasteiger partial charge in [0.15, 0.2) is 6.10 Å². The van der Waals surface area contributed by atoms with Crippen molar-refractivity contribution in [2.75, 3.05) is 39.6 Å². The van der Waals surface area contributed by atoms with Crippen molar-refractivity contribution in [2.24, 2.45) is 0 Å². The second-order valence-corrected chi connectivity index (χ2v) is 30.4. The zero-order chi connectivity index (χ0) is 79.4. The zero-order valence-electron chi connectivity index (χ0n) is 67.9. The van der Waals surface area contributed by atoms with E-state index in [-0.39, 0.29) is 19.3 Å². The summed E-state index contributed by atoms with van der Waals surface area (Å²) in [4.78, 5) is 58.8. The van der Waals surface area contributed by atoms with Crippen LogP contribution in [0.1, 0.15) is 316 Å². The Morgan fingerprint density at radius 2 is 0.486 bits per heavy atom. The molecule has 0 radical (unpaired) electrons. The minimum absolute atomic E-state index is 0.0397. The van der Waals surface area contributed by atoms with Crippen LogP contribution in [0.5, 0.6) is 0 Å². The van der Waals surface area contributed by atoms with E-state index in [1.807, 2.05) is 0 Å². The van der Waals surface area contributed by atoms with Crippen LogP contribution in [0.3, 0.4) is 0 Å². The third-order valence-electron chi connectivity index (χ3n) is 17.1. The zero-order valence-corrected chi connectivity index (χ0v) is 69.7. The van der Waals surface area contributed by atoms with Crippen LogP contribution in [-0.4, -0.2) is 95.9 Å². The van der Waals surface area contributed by atoms with Crippen LogP contribution in [0, 0.1) is 0 Å². The predicted octanol–water partition coefficient (Wildman–Crippen LogP) is 25.3. The number of carbonyl (C=O) groups is 3. The van der Waals surface area contributed by atoms with Crippen molar-refractivity contribution in [3.05, 3.63) is 182 Å². The summed E-state index contributed by atoms with van der Waals surface area (Å²) in [7, 11) is -9.83. The largest absolute Gasteiger partial charge is 0.472 e. The van der Waals surface area contributed by atoms with Gasteiger partial charge in [0, 0.05) is 19.3 Å². The van der Waals surface area contributed by atoms with Gasteiger partial charge in [-0.05, 0) is 161 Å². The summed E-state index contributed by atoms with van der Waals surface area (Å²) < 4.78 is 61.2. The molecule has 0 bridgehead atoms. The molecule has 0 aromatic carbocycles. The van der Waals surface area contributed by atoms with E-state index in [0.29, 0.717) is 25.7 Å². The van der Waals surface area contributed by atoms with Gasteiger partial charge in [0.25, 0.3) is 0 Å². The quantitative estimate of drug-likeness (QED) is 0.0146. The molecule has 0 aromatic heterocycles. The number of phosphoric ester groups is 2. The molecule has 0 amide bonds. The van der Waals surface area contributed by atoms with E-state index in [1.165, 1.54) is 83.5 Å². The lowest BCUT2D eigenvalue weighted by Crippen LogP contribution is -2.30. The smallest absolute Gasteiger partial charge is 0.463 e. The van der Waals surface area contributed by atoms with Gasteiger partial charge in [-0.2, -0.15) is 0 Å². The van der Waals surface area contributed by atoms with Gasteiger partial charge in [-0.1, -0.05) is 319 Å². The summed E-state index contributed by atoms with van der Waals surface area (Å²) in [6.07, 6.45) is 106. The van der Waals surface area contributed by atoms with Crippen LogP contribution < -0.4 is 0 Å². The summed E-state index contributed by atoms with van der Waals surface area (Å²) in [5.41, 5.74) is 0. The van der Waals surface area contributed by atoms with Crippen molar-refractivity contribution in [3.8, 4) is 0 Å². The molecule has 0 aromatic rings. The fourth-order valence-corrected chi connectivity index (χ4v) is 12.3. The van der Waals surface area contributed by atoms with E-state index in [4.69, 9.17) is 32.3 Å². The van der Waals surface area contributed by atoms with E-state index < -0.39 is 91.5 Å². The molecule has 0 saturated heterocycles. The van der Waals surface area contributed by atoms with E-state index in [0.717, 1.165) is 167 Å². The van der Waals surface area contributed by atoms with Crippen LogP contribution in [0.25, 0.3) is 0 Å². The second-order valence-electron chi connectivity index (χ2n) is 27.5. The third kappa shape index (κ3) is 83.4. The number of carbonyl (C=O) groups excluding carboxylic acids is 3. The standard InChI is InChI=1S/C91H150O16P2/c1-4-7-10-13-16-19-22-25-28-31-34-37-39-40-41-42-43-44-46-49-50-53-56-59-62-65-68-71-74-77-89(94)101-80-86(92)81-103-108(97,98)104-82-87(93)83-105-109(99,100)106-85-88(107-91(96)79-76-73-70-67-64-61-58-55-52-47-36-33-30-27-24-21-18-15-12-9-6-3)84-102-90(95)78-75-72-69-66-63-60-57-54-51-48-45-38-35-32-29-26-23-20-17-14-11-8-5-2/h8-9,11-12,16-21,25-30,34-38,40-41,47-48,51,55,58,64,67,86-88,92-93H,4-7,10,13-15,22-24,31-33,39,42-46,49-50,52-54,56-57,59-63,65-66,68-85H2,1-3H3,(H,97,98)(H,99,100)/b11-8-,12-9-,19-16-,20-17-,21-18-,28-25-,29-26-,30-27-,37-34-,38-35-,41-40-,47-36-,51-48-,58-55-,67-64-. The average Bonchev–Trinajstić information content (AvgIpc) is 0.904. The first-order chi connectivity index (χ1) is 53.2. The Labute approximate surface area is 662 Å². The average molecular weight is 1560 g/mol. The lowest BCUT2D eigenvalue weighted by molar-refractivity contribution is -0.161. The van der Waals surface area contributed by atoms with Gasteiger partial charge in [-0.15, -0.1) is 0 Å². The fourth-order valence-electron chi connectivity index (χ4n) is 10.8. The molecule has 620 valence electrons. The number of hydrogen-bond donors (Lipinski definition) is 4. The number of aliphatic hydroxyl groups excluding tert-OH is 2. The minimum atomic E-state index is -4.96. The number of phosphoric acid groups is 2. The molecule has 109 heavy (non-hydrogen) atoms. The predicted molar refractivity (Wildman–Crippen MR) is 454 cm³/mol. The number of hydrogen-bond acceptors (Lipinski definition) is 14. The number of allylic oxidation sites excluding steroid dienone is 30. The van der Waals surface area contributed by atoms with Gasteiger partial charge in [0.1, 0.15) is 25.4 Å². The first-order valence-corrected chi connectivity index (χ1v) is 45.1. The van der Waals surface area contributed by atoms with Crippen LogP contribution in [0.15, 0.2) is 182 Å². The summed E-state index contributed by atoms with van der Waals surface area (Å²) in [6.45, 7) is 2.36. The van der Waals surface area contributed by atoms with Gasteiger partial charge in [-0.3, -0.25) is 32.5 Å². The molecule has 0 rings (SSSR count). The molecule has 0 aliphatic carbocycles. The maximum absolute atomic E-state index is 13.0. The summed E-state index contributed by atoms with van der Waals surface area (Å²) in [5, 5.41) is 20.7. The number of esters is 3. The van der Waals surface area contributed by atoms with Crippen molar-refractivity contribution in [1.82, 2.24) is 0 Å². The first kappa shape index (κ1) is 104. The maximum Gasteiger partial charge on any atom is 0.472 e. The van der Waals surface area contributed by atoms with Gasteiger partial charge in [0.2, 0.25) is 0 Å². The maximum atomic E-state index is 13.0. The molecule has 16 nitrogen and oxygen atoms in total. The second kappa shape index (κ2) is 82.1. The Morgan fingerprint density at radius 1 is 0.266 bits per heavy atom. The van der Waals surface area contributed by atoms with Gasteiger partial charge >= 0.3 is 33.6 Å². The molecular weight excluding hydrogens is 1410 g/mol. The van der Waals surface area contributed by atoms with Crippen molar-refractivity contribution in [2.45, 2.75) is 334 Å². The number of rotatable bonds is 78. The molecular formula is C91H150O16P2. The highest BCUT2D eigenvalue weighted by molar-refractivity contribution is 7.47. The lowest BCUT2D eigenvalue weighted by atomic mass is 10.0. The molecule has 0 aliphatic heterocycles. The number of aliphatic hydroxyl groups is 2. The molecule has 5 unspecified atom stereocenters. The molecule has 5 atom stereocenters. The number of ether oxygens (including phenoxy) is 3. The normalized spacial score (nSPS) is 14.8. The van der Waals surface area contributed by atoms with E-state index in [1.54, 1.807) is 0 Å². The fraction of sp³-hybridized carbons (Fsp3) is 0.637. The Bertz CT molecular complexity index is 2710. The van der Waals surface area contributed by atoms with E-state index in [9.17, 15) is 43.5 Å². The van der Waals surface area contributed by atoms with Gasteiger partial charge < -0.3 is 34.2 Å². The highest BCUT2D eigenvalue weighted by Crippen LogP contribution is 2.45. The monoisotopic (exact) mass is 1560 g/mol. The number of unbranched alkanes of at least 4 members (excludes halogenated alkanes) is 25. The van der Waals surface area contributed by atoms with Crippen LogP contribution in [0.2, 0.25) is 0 Å². The molecule has 0 saturated carbocycles. The highest BCUT2D eigenvalue weighted by Gasteiger charge is 2.29. The van der Waals surface area contributed by atoms with Crippen molar-refractivity contribution >= 4 is 33.6 Å². The molecule has 0 fully saturated rings. The molecule has 0 aliphatic rings. The Hall–Kier alpha value is -5.35.